The predicted octanol–water partition coefficient (Wildman–Crippen LogP) is 2.11. The monoisotopic (exact) mass is 288 g/mol. The summed E-state index contributed by atoms with van der Waals surface area (Å²) in [6.07, 6.45) is 5.63. The standard InChI is InChI=1S/C16H21FN4/c1-21-16(19-11-20-21)9-12(10-18-14-6-7-14)8-13-4-2-3-5-15(13)17/h2-5,11-12,14,18H,6-10H2,1H3. The van der Waals surface area contributed by atoms with Gasteiger partial charge in [0.15, 0.2) is 0 Å². The van der Waals surface area contributed by atoms with Crippen molar-refractivity contribution in [1.82, 2.24) is 20.1 Å². The summed E-state index contributed by atoms with van der Waals surface area (Å²) in [5.74, 6) is 1.16. The maximum Gasteiger partial charge on any atom is 0.138 e. The van der Waals surface area contributed by atoms with Gasteiger partial charge in [-0.3, -0.25) is 4.68 Å². The predicted molar refractivity (Wildman–Crippen MR) is 79.3 cm³/mol. The van der Waals surface area contributed by atoms with Crippen LogP contribution in [0.3, 0.4) is 0 Å². The average molecular weight is 288 g/mol. The summed E-state index contributed by atoms with van der Waals surface area (Å²) in [7, 11) is 1.90. The van der Waals surface area contributed by atoms with E-state index in [0.29, 0.717) is 12.0 Å². The topological polar surface area (TPSA) is 42.7 Å². The highest BCUT2D eigenvalue weighted by Gasteiger charge is 2.23. The van der Waals surface area contributed by atoms with Crippen molar-refractivity contribution in [1.29, 1.82) is 0 Å². The lowest BCUT2D eigenvalue weighted by atomic mass is 9.95. The zero-order valence-electron chi connectivity index (χ0n) is 12.3. The van der Waals surface area contributed by atoms with Gasteiger partial charge >= 0.3 is 0 Å². The van der Waals surface area contributed by atoms with Crippen LogP contribution in [0.5, 0.6) is 0 Å². The van der Waals surface area contributed by atoms with Crippen molar-refractivity contribution in [3.05, 3.63) is 47.8 Å². The number of benzene rings is 1. The molecule has 0 amide bonds. The molecule has 3 rings (SSSR count). The van der Waals surface area contributed by atoms with E-state index in [2.05, 4.69) is 15.4 Å². The Morgan fingerprint density at radius 2 is 2.14 bits per heavy atom. The van der Waals surface area contributed by atoms with Crippen LogP contribution in [0.4, 0.5) is 4.39 Å². The molecule has 1 aliphatic rings. The van der Waals surface area contributed by atoms with Crippen LogP contribution in [0.2, 0.25) is 0 Å². The lowest BCUT2D eigenvalue weighted by Crippen LogP contribution is -2.28. The molecule has 112 valence electrons. The molecule has 0 aliphatic heterocycles. The van der Waals surface area contributed by atoms with E-state index in [1.165, 1.54) is 18.9 Å². The Balaban J connectivity index is 1.68. The highest BCUT2D eigenvalue weighted by Crippen LogP contribution is 2.21. The fourth-order valence-electron chi connectivity index (χ4n) is 2.58. The molecule has 1 fully saturated rings. The van der Waals surface area contributed by atoms with Crippen LogP contribution in [0.25, 0.3) is 0 Å². The Kier molecular flexibility index (Phi) is 4.29. The van der Waals surface area contributed by atoms with Gasteiger partial charge in [-0.2, -0.15) is 5.10 Å². The molecule has 0 radical (unpaired) electrons. The zero-order valence-corrected chi connectivity index (χ0v) is 12.3. The molecule has 21 heavy (non-hydrogen) atoms. The second kappa shape index (κ2) is 6.35. The molecule has 1 aliphatic carbocycles. The Bertz CT molecular complexity index is 591. The van der Waals surface area contributed by atoms with Crippen molar-refractivity contribution in [2.24, 2.45) is 13.0 Å². The van der Waals surface area contributed by atoms with Crippen LogP contribution in [-0.2, 0) is 19.9 Å². The smallest absolute Gasteiger partial charge is 0.138 e. The molecular weight excluding hydrogens is 267 g/mol. The number of rotatable bonds is 7. The second-order valence-electron chi connectivity index (χ2n) is 5.85. The fourth-order valence-corrected chi connectivity index (χ4v) is 2.58. The second-order valence-corrected chi connectivity index (χ2v) is 5.85. The van der Waals surface area contributed by atoms with Crippen molar-refractivity contribution in [2.45, 2.75) is 31.7 Å². The molecule has 1 aromatic heterocycles. The van der Waals surface area contributed by atoms with Crippen LogP contribution in [-0.4, -0.2) is 27.4 Å². The van der Waals surface area contributed by atoms with Gasteiger partial charge in [-0.1, -0.05) is 18.2 Å². The molecule has 1 saturated carbocycles. The number of aromatic nitrogens is 3. The fraction of sp³-hybridized carbons (Fsp3) is 0.500. The van der Waals surface area contributed by atoms with Gasteiger partial charge in [-0.15, -0.1) is 0 Å². The van der Waals surface area contributed by atoms with E-state index < -0.39 is 0 Å². The quantitative estimate of drug-likeness (QED) is 0.848. The Morgan fingerprint density at radius 3 is 2.81 bits per heavy atom. The lowest BCUT2D eigenvalue weighted by molar-refractivity contribution is 0.443. The molecule has 4 nitrogen and oxygen atoms in total. The van der Waals surface area contributed by atoms with Gasteiger partial charge in [0.25, 0.3) is 0 Å². The summed E-state index contributed by atoms with van der Waals surface area (Å²) >= 11 is 0. The number of halogens is 1. The summed E-state index contributed by atoms with van der Waals surface area (Å²) in [6.45, 7) is 0.895. The van der Waals surface area contributed by atoms with Gasteiger partial charge in [0.1, 0.15) is 18.0 Å². The van der Waals surface area contributed by atoms with Crippen molar-refractivity contribution in [2.75, 3.05) is 6.54 Å². The summed E-state index contributed by atoms with van der Waals surface area (Å²) in [5, 5.41) is 7.66. The van der Waals surface area contributed by atoms with E-state index in [1.54, 1.807) is 17.1 Å². The summed E-state index contributed by atoms with van der Waals surface area (Å²) in [4.78, 5) is 4.29. The first-order chi connectivity index (χ1) is 10.2. The van der Waals surface area contributed by atoms with Gasteiger partial charge in [-0.25, -0.2) is 9.37 Å². The third-order valence-electron chi connectivity index (χ3n) is 4.02. The average Bonchev–Trinajstić information content (AvgIpc) is 3.22. The molecule has 1 atom stereocenters. The molecule has 0 bridgehead atoms. The summed E-state index contributed by atoms with van der Waals surface area (Å²) < 4.78 is 15.7. The Labute approximate surface area is 124 Å². The first-order valence-corrected chi connectivity index (χ1v) is 7.52. The van der Waals surface area contributed by atoms with Gasteiger partial charge < -0.3 is 5.32 Å². The Morgan fingerprint density at radius 1 is 1.33 bits per heavy atom. The van der Waals surface area contributed by atoms with Crippen molar-refractivity contribution < 1.29 is 4.39 Å². The van der Waals surface area contributed by atoms with Crippen molar-refractivity contribution >= 4 is 0 Å². The minimum Gasteiger partial charge on any atom is -0.314 e. The maximum absolute atomic E-state index is 13.9. The van der Waals surface area contributed by atoms with E-state index in [-0.39, 0.29) is 5.82 Å². The zero-order chi connectivity index (χ0) is 14.7. The van der Waals surface area contributed by atoms with Gasteiger partial charge in [0.2, 0.25) is 0 Å². The summed E-state index contributed by atoms with van der Waals surface area (Å²) in [5.41, 5.74) is 0.780. The number of nitrogens with zero attached hydrogens (tertiary/aromatic N) is 3. The van der Waals surface area contributed by atoms with E-state index in [1.807, 2.05) is 19.2 Å². The van der Waals surface area contributed by atoms with Crippen LogP contribution < -0.4 is 5.32 Å². The number of nitrogens with one attached hydrogen (secondary N) is 1. The molecule has 0 spiro atoms. The normalized spacial score (nSPS) is 16.1. The highest BCUT2D eigenvalue weighted by molar-refractivity contribution is 5.18. The van der Waals surface area contributed by atoms with E-state index >= 15 is 0 Å². The molecule has 0 saturated heterocycles. The molecular formula is C16H21FN4. The number of hydrogen-bond acceptors (Lipinski definition) is 3. The molecule has 1 heterocycles. The first kappa shape index (κ1) is 14.2. The summed E-state index contributed by atoms with van der Waals surface area (Å²) in [6, 6.07) is 7.69. The molecule has 5 heteroatoms. The SMILES string of the molecule is Cn1ncnc1CC(CNC1CC1)Cc1ccccc1F. The van der Waals surface area contributed by atoms with Crippen LogP contribution in [0.1, 0.15) is 24.2 Å². The van der Waals surface area contributed by atoms with Crippen molar-refractivity contribution in [3.63, 3.8) is 0 Å². The van der Waals surface area contributed by atoms with Gasteiger partial charge in [-0.05, 0) is 43.4 Å². The van der Waals surface area contributed by atoms with Crippen molar-refractivity contribution in [3.8, 4) is 0 Å². The van der Waals surface area contributed by atoms with Crippen LogP contribution in [0.15, 0.2) is 30.6 Å². The minimum absolute atomic E-state index is 0.119. The third kappa shape index (κ3) is 3.88. The van der Waals surface area contributed by atoms with Crippen LogP contribution in [0, 0.1) is 11.7 Å². The van der Waals surface area contributed by atoms with E-state index in [9.17, 15) is 4.39 Å². The first-order valence-electron chi connectivity index (χ1n) is 7.52. The van der Waals surface area contributed by atoms with Gasteiger partial charge in [0, 0.05) is 19.5 Å². The Hall–Kier alpha value is -1.75. The maximum atomic E-state index is 13.9. The largest absolute Gasteiger partial charge is 0.314 e. The molecule has 1 unspecified atom stereocenters. The lowest BCUT2D eigenvalue weighted by Gasteiger charge is -2.17. The van der Waals surface area contributed by atoms with E-state index in [0.717, 1.165) is 30.8 Å². The molecule has 1 N–H and O–H groups in total. The minimum atomic E-state index is -0.119. The number of hydrogen-bond donors (Lipinski definition) is 1. The third-order valence-corrected chi connectivity index (χ3v) is 4.02. The van der Waals surface area contributed by atoms with E-state index in [4.69, 9.17) is 0 Å². The van der Waals surface area contributed by atoms with Gasteiger partial charge in [0.05, 0.1) is 0 Å². The van der Waals surface area contributed by atoms with Crippen LogP contribution >= 0.6 is 0 Å². The number of aryl methyl sites for hydroxylation is 1. The highest BCUT2D eigenvalue weighted by atomic mass is 19.1. The molecule has 1 aromatic carbocycles. The molecule has 2 aromatic rings.